The van der Waals surface area contributed by atoms with Gasteiger partial charge in [0.1, 0.15) is 10.8 Å². The van der Waals surface area contributed by atoms with E-state index in [1.165, 1.54) is 11.1 Å². The molecule has 0 radical (unpaired) electrons. The Labute approximate surface area is 224 Å². The van der Waals surface area contributed by atoms with Gasteiger partial charge in [0.25, 0.3) is 0 Å². The topological polar surface area (TPSA) is 71.1 Å². The maximum atomic E-state index is 6.49. The van der Waals surface area contributed by atoms with Gasteiger partial charge in [0.2, 0.25) is 5.95 Å². The van der Waals surface area contributed by atoms with Crippen molar-refractivity contribution in [2.45, 2.75) is 69.6 Å². The van der Waals surface area contributed by atoms with Crippen LogP contribution in [0.4, 0.5) is 23.1 Å². The van der Waals surface area contributed by atoms with Crippen LogP contribution in [0.15, 0.2) is 47.5 Å². The molecule has 2 heterocycles. The maximum Gasteiger partial charge on any atom is 0.229 e. The number of nitrogens with zero attached hydrogens (tertiary/aromatic N) is 2. The molecule has 3 N–H and O–H groups in total. The molecule has 3 aromatic rings. The minimum Gasteiger partial charge on any atom is -0.489 e. The molecule has 1 aliphatic rings. The van der Waals surface area contributed by atoms with E-state index in [0.717, 1.165) is 48.0 Å². The monoisotopic (exact) mass is 525 g/mol. The number of rotatable bonds is 9. The molecule has 0 saturated carbocycles. The fourth-order valence-corrected chi connectivity index (χ4v) is 5.46. The number of aromatic nitrogens is 2. The molecule has 1 aliphatic heterocycles. The van der Waals surface area contributed by atoms with Crippen LogP contribution in [0.3, 0.4) is 0 Å². The first-order valence-electron chi connectivity index (χ1n) is 12.6. The lowest BCUT2D eigenvalue weighted by molar-refractivity contribution is 0.243. The Bertz CT molecular complexity index is 1180. The van der Waals surface area contributed by atoms with Crippen molar-refractivity contribution in [2.24, 2.45) is 0 Å². The number of ether oxygens (including phenoxy) is 1. The molecule has 0 bridgehead atoms. The molecule has 1 fully saturated rings. The zero-order chi connectivity index (χ0) is 25.7. The molecule has 192 valence electrons. The Hall–Kier alpha value is -2.48. The molecule has 2 aromatic carbocycles. The predicted octanol–water partition coefficient (Wildman–Crippen LogP) is 7.68. The SMILES string of the molecule is Cc1cc(Nc2ncc(Cl)c(Nc3ccccc3SC(C)C)n2)c(OC(C)C)cc1C1CCNCC1. The zero-order valence-electron chi connectivity index (χ0n) is 21.7. The van der Waals surface area contributed by atoms with E-state index in [-0.39, 0.29) is 6.10 Å². The fraction of sp³-hybridized carbons (Fsp3) is 0.429. The molecule has 0 unspecified atom stereocenters. The number of aryl methyl sites for hydroxylation is 1. The van der Waals surface area contributed by atoms with Crippen molar-refractivity contribution in [3.8, 4) is 5.75 Å². The summed E-state index contributed by atoms with van der Waals surface area (Å²) in [6.07, 6.45) is 3.95. The molecule has 4 rings (SSSR count). The molecule has 1 aromatic heterocycles. The normalized spacial score (nSPS) is 14.3. The van der Waals surface area contributed by atoms with Gasteiger partial charge in [0.15, 0.2) is 5.82 Å². The van der Waals surface area contributed by atoms with Crippen molar-refractivity contribution >= 4 is 46.5 Å². The van der Waals surface area contributed by atoms with E-state index in [9.17, 15) is 0 Å². The molecule has 0 amide bonds. The van der Waals surface area contributed by atoms with Gasteiger partial charge in [0.05, 0.1) is 23.7 Å². The number of hydrogen-bond donors (Lipinski definition) is 3. The molecule has 6 nitrogen and oxygen atoms in total. The predicted molar refractivity (Wildman–Crippen MR) is 153 cm³/mol. The summed E-state index contributed by atoms with van der Waals surface area (Å²) in [7, 11) is 0. The highest BCUT2D eigenvalue weighted by Gasteiger charge is 2.20. The third kappa shape index (κ3) is 6.84. The maximum absolute atomic E-state index is 6.49. The van der Waals surface area contributed by atoms with Gasteiger partial charge in [-0.2, -0.15) is 4.98 Å². The number of halogens is 1. The molecule has 1 saturated heterocycles. The summed E-state index contributed by atoms with van der Waals surface area (Å²) in [4.78, 5) is 10.3. The number of hydrogen-bond acceptors (Lipinski definition) is 7. The second kappa shape index (κ2) is 12.2. The van der Waals surface area contributed by atoms with Crippen molar-refractivity contribution < 1.29 is 4.74 Å². The van der Waals surface area contributed by atoms with E-state index in [1.807, 2.05) is 32.0 Å². The first-order chi connectivity index (χ1) is 17.3. The molecule has 36 heavy (non-hydrogen) atoms. The Morgan fingerprint density at radius 3 is 2.53 bits per heavy atom. The van der Waals surface area contributed by atoms with Crippen LogP contribution >= 0.6 is 23.4 Å². The third-order valence-corrected chi connectivity index (χ3v) is 7.36. The number of benzene rings is 2. The molecule has 0 atom stereocenters. The van der Waals surface area contributed by atoms with E-state index >= 15 is 0 Å². The van der Waals surface area contributed by atoms with Gasteiger partial charge in [-0.05, 0) is 88.0 Å². The van der Waals surface area contributed by atoms with Gasteiger partial charge in [-0.15, -0.1) is 11.8 Å². The molecular formula is C28H36ClN5OS. The summed E-state index contributed by atoms with van der Waals surface area (Å²) in [5, 5.41) is 11.2. The Balaban J connectivity index is 1.62. The van der Waals surface area contributed by atoms with Gasteiger partial charge in [-0.1, -0.05) is 37.6 Å². The van der Waals surface area contributed by atoms with E-state index in [1.54, 1.807) is 18.0 Å². The number of thioether (sulfide) groups is 1. The van der Waals surface area contributed by atoms with Crippen LogP contribution in [0.5, 0.6) is 5.75 Å². The van der Waals surface area contributed by atoms with Gasteiger partial charge < -0.3 is 20.7 Å². The quantitative estimate of drug-likeness (QED) is 0.247. The van der Waals surface area contributed by atoms with Crippen molar-refractivity contribution in [3.05, 3.63) is 58.7 Å². The van der Waals surface area contributed by atoms with Crippen LogP contribution in [-0.2, 0) is 0 Å². The van der Waals surface area contributed by atoms with E-state index in [2.05, 4.69) is 59.9 Å². The summed E-state index contributed by atoms with van der Waals surface area (Å²) in [6.45, 7) is 12.7. The van der Waals surface area contributed by atoms with Crippen LogP contribution in [0.1, 0.15) is 57.6 Å². The second-order valence-corrected chi connectivity index (χ2v) is 11.7. The molecule has 0 aliphatic carbocycles. The Kier molecular flexibility index (Phi) is 8.99. The highest BCUT2D eigenvalue weighted by Crippen LogP contribution is 2.38. The molecule has 8 heteroatoms. The number of para-hydroxylation sites is 1. The summed E-state index contributed by atoms with van der Waals surface area (Å²) in [6, 6.07) is 12.5. The third-order valence-electron chi connectivity index (χ3n) is 6.00. The lowest BCUT2D eigenvalue weighted by Crippen LogP contribution is -2.27. The van der Waals surface area contributed by atoms with Crippen molar-refractivity contribution in [3.63, 3.8) is 0 Å². The molecule has 0 spiro atoms. The van der Waals surface area contributed by atoms with Crippen LogP contribution in [0.2, 0.25) is 5.02 Å². The molecular weight excluding hydrogens is 490 g/mol. The summed E-state index contributed by atoms with van der Waals surface area (Å²) in [5.41, 5.74) is 4.42. The smallest absolute Gasteiger partial charge is 0.229 e. The number of anilines is 4. The van der Waals surface area contributed by atoms with Crippen LogP contribution < -0.4 is 20.7 Å². The average molecular weight is 526 g/mol. The first kappa shape index (κ1) is 26.6. The zero-order valence-corrected chi connectivity index (χ0v) is 23.3. The lowest BCUT2D eigenvalue weighted by Gasteiger charge is -2.26. The van der Waals surface area contributed by atoms with E-state index < -0.39 is 0 Å². The average Bonchev–Trinajstić information content (AvgIpc) is 2.84. The summed E-state index contributed by atoms with van der Waals surface area (Å²) in [5.74, 6) is 2.37. The number of piperidine rings is 1. The van der Waals surface area contributed by atoms with E-state index in [4.69, 9.17) is 21.3 Å². The van der Waals surface area contributed by atoms with Gasteiger partial charge in [-0.25, -0.2) is 4.98 Å². The van der Waals surface area contributed by atoms with Crippen LogP contribution in [0, 0.1) is 6.92 Å². The first-order valence-corrected chi connectivity index (χ1v) is 13.9. The highest BCUT2D eigenvalue weighted by molar-refractivity contribution is 8.00. The van der Waals surface area contributed by atoms with Crippen molar-refractivity contribution in [1.29, 1.82) is 0 Å². The minimum absolute atomic E-state index is 0.0486. The summed E-state index contributed by atoms with van der Waals surface area (Å²) < 4.78 is 6.23. The van der Waals surface area contributed by atoms with Crippen molar-refractivity contribution in [2.75, 3.05) is 23.7 Å². The van der Waals surface area contributed by atoms with Crippen LogP contribution in [-0.4, -0.2) is 34.4 Å². The Morgan fingerprint density at radius 2 is 1.81 bits per heavy atom. The minimum atomic E-state index is 0.0486. The van der Waals surface area contributed by atoms with Gasteiger partial charge in [0, 0.05) is 10.1 Å². The van der Waals surface area contributed by atoms with Crippen molar-refractivity contribution in [1.82, 2.24) is 15.3 Å². The largest absolute Gasteiger partial charge is 0.489 e. The van der Waals surface area contributed by atoms with Gasteiger partial charge >= 0.3 is 0 Å². The fourth-order valence-electron chi connectivity index (χ4n) is 4.42. The lowest BCUT2D eigenvalue weighted by atomic mass is 9.87. The van der Waals surface area contributed by atoms with E-state index in [0.29, 0.717) is 28.0 Å². The summed E-state index contributed by atoms with van der Waals surface area (Å²) >= 11 is 8.28. The second-order valence-electron chi connectivity index (χ2n) is 9.70. The van der Waals surface area contributed by atoms with Gasteiger partial charge in [-0.3, -0.25) is 0 Å². The Morgan fingerprint density at radius 1 is 1.06 bits per heavy atom. The van der Waals surface area contributed by atoms with Crippen LogP contribution in [0.25, 0.3) is 0 Å². The number of nitrogens with one attached hydrogen (secondary N) is 3. The highest BCUT2D eigenvalue weighted by atomic mass is 35.5. The standard InChI is InChI=1S/C28H36ClN5OS/c1-17(2)35-25-15-21(20-10-12-30-13-11-20)19(5)14-24(25)33-28-31-16-22(29)27(34-28)32-23-8-6-7-9-26(23)36-18(3)4/h6-9,14-18,20,30H,10-13H2,1-5H3,(H2,31,32,33,34).